The standard InChI is InChI=1S/C24H22N2O6/c25-22(27)16-30-21-8-4-5-17(13-21)15-31-23(28)14-26-24(29)18-9-11-20(12-10-18)32-19-6-2-1-3-7-19/h1-13H,14-16H2,(H2,25,27)(H,26,29). The highest BCUT2D eigenvalue weighted by molar-refractivity contribution is 5.96. The Kier molecular flexibility index (Phi) is 7.80. The molecule has 0 aliphatic heterocycles. The largest absolute Gasteiger partial charge is 0.484 e. The third kappa shape index (κ3) is 7.17. The number of para-hydroxylation sites is 1. The van der Waals surface area contributed by atoms with Gasteiger partial charge in [-0.3, -0.25) is 14.4 Å². The van der Waals surface area contributed by atoms with Gasteiger partial charge >= 0.3 is 5.97 Å². The second kappa shape index (κ2) is 11.2. The van der Waals surface area contributed by atoms with Crippen LogP contribution in [0.4, 0.5) is 0 Å². The number of esters is 1. The highest BCUT2D eigenvalue weighted by Gasteiger charge is 2.10. The summed E-state index contributed by atoms with van der Waals surface area (Å²) >= 11 is 0. The Morgan fingerprint density at radius 1 is 0.812 bits per heavy atom. The first-order valence-electron chi connectivity index (χ1n) is 9.76. The van der Waals surface area contributed by atoms with Gasteiger partial charge in [0, 0.05) is 5.56 Å². The molecule has 0 spiro atoms. The van der Waals surface area contributed by atoms with Crippen LogP contribution in [-0.2, 0) is 20.9 Å². The number of primary amides is 1. The van der Waals surface area contributed by atoms with Gasteiger partial charge in [0.25, 0.3) is 11.8 Å². The number of hydrogen-bond acceptors (Lipinski definition) is 6. The van der Waals surface area contributed by atoms with Crippen molar-refractivity contribution in [3.05, 3.63) is 90.0 Å². The number of nitrogens with one attached hydrogen (secondary N) is 1. The predicted octanol–water partition coefficient (Wildman–Crippen LogP) is 2.82. The number of carbonyl (C=O) groups excluding carboxylic acids is 3. The van der Waals surface area contributed by atoms with Crippen LogP contribution in [0.1, 0.15) is 15.9 Å². The van der Waals surface area contributed by atoms with E-state index in [1.807, 2.05) is 30.3 Å². The van der Waals surface area contributed by atoms with Crippen LogP contribution in [0, 0.1) is 0 Å². The summed E-state index contributed by atoms with van der Waals surface area (Å²) in [6.07, 6.45) is 0. The van der Waals surface area contributed by atoms with E-state index < -0.39 is 17.8 Å². The fourth-order valence-corrected chi connectivity index (χ4v) is 2.65. The zero-order valence-electron chi connectivity index (χ0n) is 17.2. The van der Waals surface area contributed by atoms with Crippen molar-refractivity contribution in [1.29, 1.82) is 0 Å². The van der Waals surface area contributed by atoms with Gasteiger partial charge in [0.15, 0.2) is 6.61 Å². The average molecular weight is 434 g/mol. The van der Waals surface area contributed by atoms with Gasteiger partial charge in [0.1, 0.15) is 30.4 Å². The molecule has 0 aromatic heterocycles. The molecule has 0 saturated carbocycles. The first-order valence-corrected chi connectivity index (χ1v) is 9.76. The first-order chi connectivity index (χ1) is 15.5. The molecule has 3 aromatic carbocycles. The molecule has 3 rings (SSSR count). The molecule has 32 heavy (non-hydrogen) atoms. The molecule has 3 N–H and O–H groups in total. The normalized spacial score (nSPS) is 10.1. The number of amides is 2. The van der Waals surface area contributed by atoms with E-state index in [1.54, 1.807) is 48.5 Å². The molecule has 0 fully saturated rings. The first kappa shape index (κ1) is 22.4. The minimum atomic E-state index is -0.592. The molecule has 8 heteroatoms. The van der Waals surface area contributed by atoms with Crippen molar-refractivity contribution in [2.45, 2.75) is 6.61 Å². The van der Waals surface area contributed by atoms with Crippen LogP contribution in [0.5, 0.6) is 17.2 Å². The van der Waals surface area contributed by atoms with E-state index in [-0.39, 0.29) is 19.8 Å². The number of ether oxygens (including phenoxy) is 3. The smallest absolute Gasteiger partial charge is 0.325 e. The predicted molar refractivity (Wildman–Crippen MR) is 116 cm³/mol. The third-order valence-electron chi connectivity index (χ3n) is 4.17. The summed E-state index contributed by atoms with van der Waals surface area (Å²) in [5, 5.41) is 2.52. The molecule has 0 radical (unpaired) electrons. The van der Waals surface area contributed by atoms with E-state index in [1.165, 1.54) is 0 Å². The maximum absolute atomic E-state index is 12.3. The van der Waals surface area contributed by atoms with Crippen molar-refractivity contribution in [3.8, 4) is 17.2 Å². The molecule has 0 atom stereocenters. The van der Waals surface area contributed by atoms with Gasteiger partial charge in [0.05, 0.1) is 0 Å². The van der Waals surface area contributed by atoms with Crippen molar-refractivity contribution in [2.75, 3.05) is 13.2 Å². The quantitative estimate of drug-likeness (QED) is 0.474. The average Bonchev–Trinajstić information content (AvgIpc) is 2.81. The minimum Gasteiger partial charge on any atom is -0.484 e. The van der Waals surface area contributed by atoms with Crippen LogP contribution >= 0.6 is 0 Å². The third-order valence-corrected chi connectivity index (χ3v) is 4.17. The summed E-state index contributed by atoms with van der Waals surface area (Å²) in [5.74, 6) is 0.133. The van der Waals surface area contributed by atoms with Crippen LogP contribution < -0.4 is 20.5 Å². The van der Waals surface area contributed by atoms with Gasteiger partial charge in [-0.2, -0.15) is 0 Å². The van der Waals surface area contributed by atoms with Crippen molar-refractivity contribution >= 4 is 17.8 Å². The Balaban J connectivity index is 1.43. The number of nitrogens with two attached hydrogens (primary N) is 1. The van der Waals surface area contributed by atoms with Crippen molar-refractivity contribution in [3.63, 3.8) is 0 Å². The summed E-state index contributed by atoms with van der Waals surface area (Å²) in [5.41, 5.74) is 6.09. The fourth-order valence-electron chi connectivity index (χ4n) is 2.65. The molecule has 0 aliphatic carbocycles. The van der Waals surface area contributed by atoms with Crippen LogP contribution in [0.2, 0.25) is 0 Å². The topological polar surface area (TPSA) is 117 Å². The van der Waals surface area contributed by atoms with Crippen LogP contribution in [-0.4, -0.2) is 30.9 Å². The van der Waals surface area contributed by atoms with Crippen molar-refractivity contribution < 1.29 is 28.6 Å². The molecule has 3 aromatic rings. The molecule has 164 valence electrons. The fraction of sp³-hybridized carbons (Fsp3) is 0.125. The van der Waals surface area contributed by atoms with Gasteiger partial charge < -0.3 is 25.3 Å². The van der Waals surface area contributed by atoms with E-state index in [9.17, 15) is 14.4 Å². The summed E-state index contributed by atoms with van der Waals surface area (Å²) < 4.78 is 16.0. The van der Waals surface area contributed by atoms with Gasteiger partial charge in [-0.1, -0.05) is 30.3 Å². The van der Waals surface area contributed by atoms with Crippen molar-refractivity contribution in [2.24, 2.45) is 5.73 Å². The lowest BCUT2D eigenvalue weighted by Crippen LogP contribution is -2.30. The zero-order chi connectivity index (χ0) is 22.8. The molecule has 0 saturated heterocycles. The molecule has 2 amide bonds. The number of benzene rings is 3. The van der Waals surface area contributed by atoms with Gasteiger partial charge in [-0.25, -0.2) is 0 Å². The minimum absolute atomic E-state index is 0.00596. The van der Waals surface area contributed by atoms with E-state index >= 15 is 0 Å². The van der Waals surface area contributed by atoms with E-state index in [0.29, 0.717) is 28.4 Å². The summed E-state index contributed by atoms with van der Waals surface area (Å²) in [6.45, 7) is -0.526. The van der Waals surface area contributed by atoms with Gasteiger partial charge in [-0.05, 0) is 54.1 Å². The zero-order valence-corrected chi connectivity index (χ0v) is 17.2. The lowest BCUT2D eigenvalue weighted by Gasteiger charge is -2.09. The van der Waals surface area contributed by atoms with Crippen LogP contribution in [0.15, 0.2) is 78.9 Å². The molecular formula is C24H22N2O6. The summed E-state index contributed by atoms with van der Waals surface area (Å²) in [4.78, 5) is 35.0. The summed E-state index contributed by atoms with van der Waals surface area (Å²) in [6, 6.07) is 22.6. The monoisotopic (exact) mass is 434 g/mol. The Morgan fingerprint density at radius 3 is 2.22 bits per heavy atom. The molecule has 0 bridgehead atoms. The Morgan fingerprint density at radius 2 is 1.50 bits per heavy atom. The van der Waals surface area contributed by atoms with Crippen molar-refractivity contribution in [1.82, 2.24) is 5.32 Å². The lowest BCUT2D eigenvalue weighted by atomic mass is 10.2. The second-order valence-corrected chi connectivity index (χ2v) is 6.69. The number of carbonyl (C=O) groups is 3. The van der Waals surface area contributed by atoms with Crippen LogP contribution in [0.25, 0.3) is 0 Å². The maximum atomic E-state index is 12.3. The molecular weight excluding hydrogens is 412 g/mol. The highest BCUT2D eigenvalue weighted by Crippen LogP contribution is 2.21. The van der Waals surface area contributed by atoms with Gasteiger partial charge in [-0.15, -0.1) is 0 Å². The second-order valence-electron chi connectivity index (χ2n) is 6.69. The lowest BCUT2D eigenvalue weighted by molar-refractivity contribution is -0.143. The molecule has 0 aliphatic rings. The van der Waals surface area contributed by atoms with Crippen LogP contribution in [0.3, 0.4) is 0 Å². The van der Waals surface area contributed by atoms with E-state index in [0.717, 1.165) is 0 Å². The Labute approximate surface area is 184 Å². The summed E-state index contributed by atoms with van der Waals surface area (Å²) in [7, 11) is 0. The number of hydrogen-bond donors (Lipinski definition) is 2. The van der Waals surface area contributed by atoms with E-state index in [2.05, 4.69) is 5.32 Å². The SMILES string of the molecule is NC(=O)COc1cccc(COC(=O)CNC(=O)c2ccc(Oc3ccccc3)cc2)c1. The van der Waals surface area contributed by atoms with Gasteiger partial charge in [0.2, 0.25) is 0 Å². The highest BCUT2D eigenvalue weighted by atomic mass is 16.5. The Bertz CT molecular complexity index is 1070. The molecule has 0 heterocycles. The maximum Gasteiger partial charge on any atom is 0.325 e. The number of rotatable bonds is 10. The van der Waals surface area contributed by atoms with E-state index in [4.69, 9.17) is 19.9 Å². The molecule has 8 nitrogen and oxygen atoms in total. The molecule has 0 unspecified atom stereocenters. The Hall–Kier alpha value is -4.33.